The molecule has 0 saturated heterocycles. The van der Waals surface area contributed by atoms with Crippen LogP contribution in [-0.2, 0) is 12.7 Å². The summed E-state index contributed by atoms with van der Waals surface area (Å²) in [5.41, 5.74) is -0.0440. The molecule has 0 radical (unpaired) electrons. The average Bonchev–Trinajstić information content (AvgIpc) is 2.47. The lowest BCUT2D eigenvalue weighted by Crippen LogP contribution is -2.43. The number of nitrogens with one attached hydrogen (secondary N) is 2. The van der Waals surface area contributed by atoms with Crippen LogP contribution in [0.5, 0.6) is 0 Å². The van der Waals surface area contributed by atoms with E-state index in [4.69, 9.17) is 0 Å². The second-order valence-corrected chi connectivity index (χ2v) is 5.98. The summed E-state index contributed by atoms with van der Waals surface area (Å²) in [6, 6.07) is 4.74. The maximum Gasteiger partial charge on any atom is 0.416 e. The first kappa shape index (κ1) is 16.6. The number of urea groups is 1. The molecular weight excluding hydrogens is 293 g/mol. The first-order chi connectivity index (χ1) is 10.3. The number of alkyl halides is 3. The molecule has 3 nitrogen and oxygen atoms in total. The van der Waals surface area contributed by atoms with E-state index < -0.39 is 11.7 Å². The molecule has 1 saturated carbocycles. The van der Waals surface area contributed by atoms with Gasteiger partial charge in [0.05, 0.1) is 5.56 Å². The van der Waals surface area contributed by atoms with Crippen LogP contribution in [0.1, 0.15) is 43.7 Å². The predicted octanol–water partition coefficient (Wildman–Crippen LogP) is 4.08. The standard InChI is InChI=1S/C16H21F3N2O/c1-11-2-8-14(9-3-11)21-15(22)20-10-12-4-6-13(7-5-12)16(17,18)19/h4-7,11,14H,2-3,8-10H2,1H3,(H2,20,21,22). The Morgan fingerprint density at radius 1 is 1.14 bits per heavy atom. The quantitative estimate of drug-likeness (QED) is 0.867. The minimum Gasteiger partial charge on any atom is -0.335 e. The van der Waals surface area contributed by atoms with E-state index in [1.165, 1.54) is 12.1 Å². The predicted molar refractivity (Wildman–Crippen MR) is 78.2 cm³/mol. The fourth-order valence-electron chi connectivity index (χ4n) is 2.63. The van der Waals surface area contributed by atoms with Crippen LogP contribution in [-0.4, -0.2) is 12.1 Å². The molecule has 2 N–H and O–H groups in total. The van der Waals surface area contributed by atoms with Crippen LogP contribution in [0.2, 0.25) is 0 Å². The van der Waals surface area contributed by atoms with Crippen LogP contribution >= 0.6 is 0 Å². The number of carbonyl (C=O) groups excluding carboxylic acids is 1. The third kappa shape index (κ3) is 4.93. The van der Waals surface area contributed by atoms with Crippen LogP contribution in [0, 0.1) is 5.92 Å². The van der Waals surface area contributed by atoms with Crippen molar-refractivity contribution < 1.29 is 18.0 Å². The molecule has 6 heteroatoms. The lowest BCUT2D eigenvalue weighted by molar-refractivity contribution is -0.137. The molecular formula is C16H21F3N2O. The molecule has 0 spiro atoms. The van der Waals surface area contributed by atoms with Crippen LogP contribution < -0.4 is 10.6 Å². The van der Waals surface area contributed by atoms with Gasteiger partial charge in [-0.25, -0.2) is 4.79 Å². The first-order valence-corrected chi connectivity index (χ1v) is 7.55. The van der Waals surface area contributed by atoms with Crippen molar-refractivity contribution in [1.29, 1.82) is 0 Å². The molecule has 22 heavy (non-hydrogen) atoms. The van der Waals surface area contributed by atoms with Crippen molar-refractivity contribution in [1.82, 2.24) is 10.6 Å². The molecule has 0 aliphatic heterocycles. The van der Waals surface area contributed by atoms with E-state index in [-0.39, 0.29) is 18.6 Å². The van der Waals surface area contributed by atoms with Gasteiger partial charge in [-0.1, -0.05) is 19.1 Å². The van der Waals surface area contributed by atoms with Gasteiger partial charge in [-0.2, -0.15) is 13.2 Å². The van der Waals surface area contributed by atoms with E-state index in [9.17, 15) is 18.0 Å². The fraction of sp³-hybridized carbons (Fsp3) is 0.562. The number of hydrogen-bond donors (Lipinski definition) is 2. The SMILES string of the molecule is CC1CCC(NC(=O)NCc2ccc(C(F)(F)F)cc2)CC1. The molecule has 0 unspecified atom stereocenters. The summed E-state index contributed by atoms with van der Waals surface area (Å²) in [7, 11) is 0. The Labute approximate surface area is 128 Å². The van der Waals surface area contributed by atoms with Crippen molar-refractivity contribution in [2.75, 3.05) is 0 Å². The molecule has 1 aliphatic rings. The highest BCUT2D eigenvalue weighted by Crippen LogP contribution is 2.29. The largest absolute Gasteiger partial charge is 0.416 e. The van der Waals surface area contributed by atoms with Gasteiger partial charge < -0.3 is 10.6 Å². The van der Waals surface area contributed by atoms with Crippen LogP contribution in [0.15, 0.2) is 24.3 Å². The number of carbonyl (C=O) groups is 1. The zero-order chi connectivity index (χ0) is 16.2. The highest BCUT2D eigenvalue weighted by atomic mass is 19.4. The summed E-state index contributed by atoms with van der Waals surface area (Å²) < 4.78 is 37.3. The molecule has 1 aromatic carbocycles. The van der Waals surface area contributed by atoms with Gasteiger partial charge in [-0.3, -0.25) is 0 Å². The number of benzene rings is 1. The number of rotatable bonds is 3. The number of halogens is 3. The van der Waals surface area contributed by atoms with E-state index in [2.05, 4.69) is 17.6 Å². The smallest absolute Gasteiger partial charge is 0.335 e. The van der Waals surface area contributed by atoms with E-state index in [1.54, 1.807) is 0 Å². The zero-order valence-corrected chi connectivity index (χ0v) is 12.5. The molecule has 0 bridgehead atoms. The van der Waals surface area contributed by atoms with E-state index >= 15 is 0 Å². The summed E-state index contributed by atoms with van der Waals surface area (Å²) in [6.45, 7) is 2.42. The van der Waals surface area contributed by atoms with Gasteiger partial charge in [0.2, 0.25) is 0 Å². The van der Waals surface area contributed by atoms with Gasteiger partial charge >= 0.3 is 12.2 Å². The zero-order valence-electron chi connectivity index (χ0n) is 12.5. The van der Waals surface area contributed by atoms with Crippen molar-refractivity contribution in [3.05, 3.63) is 35.4 Å². The summed E-state index contributed by atoms with van der Waals surface area (Å²) in [5, 5.41) is 5.60. The maximum absolute atomic E-state index is 12.4. The van der Waals surface area contributed by atoms with Crippen LogP contribution in [0.4, 0.5) is 18.0 Å². The van der Waals surface area contributed by atoms with Crippen molar-refractivity contribution in [3.8, 4) is 0 Å². The van der Waals surface area contributed by atoms with Crippen molar-refractivity contribution in [2.24, 2.45) is 5.92 Å². The van der Waals surface area contributed by atoms with Gasteiger partial charge in [0, 0.05) is 12.6 Å². The molecule has 0 heterocycles. The second-order valence-electron chi connectivity index (χ2n) is 5.98. The Morgan fingerprint density at radius 3 is 2.27 bits per heavy atom. The third-order valence-corrected chi connectivity index (χ3v) is 4.09. The highest BCUT2D eigenvalue weighted by Gasteiger charge is 2.29. The van der Waals surface area contributed by atoms with Gasteiger partial charge in [0.15, 0.2) is 0 Å². The van der Waals surface area contributed by atoms with Gasteiger partial charge in [0.1, 0.15) is 0 Å². The molecule has 1 aliphatic carbocycles. The molecule has 2 amide bonds. The minimum atomic E-state index is -4.33. The maximum atomic E-state index is 12.4. The average molecular weight is 314 g/mol. The highest BCUT2D eigenvalue weighted by molar-refractivity contribution is 5.74. The molecule has 2 rings (SSSR count). The summed E-state index contributed by atoms with van der Waals surface area (Å²) >= 11 is 0. The Balaban J connectivity index is 1.76. The Kier molecular flexibility index (Phi) is 5.32. The molecule has 122 valence electrons. The third-order valence-electron chi connectivity index (χ3n) is 4.09. The molecule has 1 fully saturated rings. The van der Waals surface area contributed by atoms with Crippen molar-refractivity contribution in [2.45, 2.75) is 51.4 Å². The van der Waals surface area contributed by atoms with E-state index in [1.807, 2.05) is 0 Å². The lowest BCUT2D eigenvalue weighted by Gasteiger charge is -2.26. The Morgan fingerprint density at radius 2 is 1.73 bits per heavy atom. The summed E-state index contributed by atoms with van der Waals surface area (Å²) in [6.07, 6.45) is -0.140. The van der Waals surface area contributed by atoms with Crippen LogP contribution in [0.25, 0.3) is 0 Å². The summed E-state index contributed by atoms with van der Waals surface area (Å²) in [4.78, 5) is 11.8. The minimum absolute atomic E-state index is 0.198. The lowest BCUT2D eigenvalue weighted by atomic mass is 9.87. The monoisotopic (exact) mass is 314 g/mol. The first-order valence-electron chi connectivity index (χ1n) is 7.55. The van der Waals surface area contributed by atoms with Gasteiger partial charge in [-0.05, 0) is 49.3 Å². The Bertz CT molecular complexity index is 491. The molecule has 0 atom stereocenters. The molecule has 0 aromatic heterocycles. The van der Waals surface area contributed by atoms with Crippen molar-refractivity contribution >= 4 is 6.03 Å². The van der Waals surface area contributed by atoms with E-state index in [0.29, 0.717) is 11.5 Å². The normalized spacial score (nSPS) is 22.2. The van der Waals surface area contributed by atoms with Gasteiger partial charge in [0.25, 0.3) is 0 Å². The number of hydrogen-bond acceptors (Lipinski definition) is 1. The van der Waals surface area contributed by atoms with Gasteiger partial charge in [-0.15, -0.1) is 0 Å². The topological polar surface area (TPSA) is 41.1 Å². The second kappa shape index (κ2) is 7.03. The van der Waals surface area contributed by atoms with E-state index in [0.717, 1.165) is 37.8 Å². The summed E-state index contributed by atoms with van der Waals surface area (Å²) in [5.74, 6) is 0.716. The van der Waals surface area contributed by atoms with Crippen LogP contribution in [0.3, 0.4) is 0 Å². The fourth-order valence-corrected chi connectivity index (χ4v) is 2.63. The number of amides is 2. The molecule has 1 aromatic rings. The Hall–Kier alpha value is -1.72. The van der Waals surface area contributed by atoms with Crippen molar-refractivity contribution in [3.63, 3.8) is 0 Å².